The Morgan fingerprint density at radius 3 is 2.09 bits per heavy atom. The number of rotatable bonds is 5. The molecular weight excluding hydrogens is 446 g/mol. The zero-order chi connectivity index (χ0) is 24.2. The third-order valence-corrected chi connectivity index (χ3v) is 6.56. The molecule has 1 saturated heterocycles. The summed E-state index contributed by atoms with van der Waals surface area (Å²) in [5, 5.41) is 3.61. The van der Waals surface area contributed by atoms with E-state index in [-0.39, 0.29) is 11.8 Å². The number of nitrogens with one attached hydrogen (secondary N) is 1. The lowest BCUT2D eigenvalue weighted by molar-refractivity contribution is 0.0746. The first-order valence-electron chi connectivity index (χ1n) is 11.6. The van der Waals surface area contributed by atoms with E-state index >= 15 is 0 Å². The second kappa shape index (κ2) is 10.3. The first-order chi connectivity index (χ1) is 16.3. The smallest absolute Gasteiger partial charge is 0.255 e. The van der Waals surface area contributed by atoms with E-state index in [0.717, 1.165) is 11.3 Å². The molecule has 0 bridgehead atoms. The third kappa shape index (κ3) is 5.26. The Morgan fingerprint density at radius 2 is 1.47 bits per heavy atom. The molecule has 5 nitrogen and oxygen atoms in total. The molecule has 34 heavy (non-hydrogen) atoms. The first kappa shape index (κ1) is 23.8. The van der Waals surface area contributed by atoms with Gasteiger partial charge in [0.05, 0.1) is 16.4 Å². The number of carbonyl (C=O) groups excluding carboxylic acids is 2. The van der Waals surface area contributed by atoms with Crippen LogP contribution < -0.4 is 10.2 Å². The number of aryl methyl sites for hydroxylation is 1. The van der Waals surface area contributed by atoms with Crippen molar-refractivity contribution in [3.8, 4) is 0 Å². The normalized spacial score (nSPS) is 13.8. The van der Waals surface area contributed by atoms with Crippen molar-refractivity contribution in [2.75, 3.05) is 36.4 Å². The van der Waals surface area contributed by atoms with Gasteiger partial charge in [0.25, 0.3) is 11.8 Å². The topological polar surface area (TPSA) is 52.7 Å². The van der Waals surface area contributed by atoms with Crippen LogP contribution in [0.4, 0.5) is 11.4 Å². The van der Waals surface area contributed by atoms with Crippen LogP contribution in [0.25, 0.3) is 0 Å². The fraction of sp³-hybridized carbons (Fsp3) is 0.286. The largest absolute Gasteiger partial charge is 0.365 e. The highest BCUT2D eigenvalue weighted by Crippen LogP contribution is 2.35. The fourth-order valence-corrected chi connectivity index (χ4v) is 4.46. The van der Waals surface area contributed by atoms with Crippen molar-refractivity contribution in [2.24, 2.45) is 0 Å². The summed E-state index contributed by atoms with van der Waals surface area (Å²) in [4.78, 5) is 29.8. The molecule has 0 spiro atoms. The Balaban J connectivity index is 1.46. The monoisotopic (exact) mass is 475 g/mol. The van der Waals surface area contributed by atoms with E-state index in [2.05, 4.69) is 24.1 Å². The van der Waals surface area contributed by atoms with Crippen molar-refractivity contribution in [3.05, 3.63) is 94.0 Å². The van der Waals surface area contributed by atoms with Crippen LogP contribution in [0.1, 0.15) is 51.6 Å². The summed E-state index contributed by atoms with van der Waals surface area (Å²) in [5.41, 5.74) is 5.09. The Bertz CT molecular complexity index is 1170. The molecule has 3 aromatic carbocycles. The van der Waals surface area contributed by atoms with Crippen LogP contribution >= 0.6 is 11.6 Å². The highest BCUT2D eigenvalue weighted by Gasteiger charge is 2.25. The molecule has 2 amide bonds. The van der Waals surface area contributed by atoms with Gasteiger partial charge >= 0.3 is 0 Å². The molecule has 0 saturated carbocycles. The van der Waals surface area contributed by atoms with Gasteiger partial charge in [0, 0.05) is 37.3 Å². The Kier molecular flexibility index (Phi) is 7.23. The predicted molar refractivity (Wildman–Crippen MR) is 139 cm³/mol. The van der Waals surface area contributed by atoms with Crippen molar-refractivity contribution in [1.82, 2.24) is 4.90 Å². The van der Waals surface area contributed by atoms with Gasteiger partial charge in [0.2, 0.25) is 0 Å². The van der Waals surface area contributed by atoms with Crippen LogP contribution in [-0.4, -0.2) is 42.9 Å². The molecule has 0 aromatic heterocycles. The summed E-state index contributed by atoms with van der Waals surface area (Å²) in [6.45, 7) is 8.70. The molecule has 0 radical (unpaired) electrons. The second-order valence-corrected chi connectivity index (χ2v) is 9.42. The number of hydrogen-bond donors (Lipinski definition) is 1. The van der Waals surface area contributed by atoms with Crippen molar-refractivity contribution in [2.45, 2.75) is 26.7 Å². The number of nitrogens with zero attached hydrogens (tertiary/aromatic N) is 2. The van der Waals surface area contributed by atoms with Gasteiger partial charge < -0.3 is 15.1 Å². The Morgan fingerprint density at radius 1 is 0.853 bits per heavy atom. The molecule has 3 aromatic rings. The van der Waals surface area contributed by atoms with Crippen LogP contribution in [0.5, 0.6) is 0 Å². The molecule has 6 heteroatoms. The zero-order valence-corrected chi connectivity index (χ0v) is 20.6. The van der Waals surface area contributed by atoms with Crippen molar-refractivity contribution < 1.29 is 9.59 Å². The molecule has 1 N–H and O–H groups in total. The average molecular weight is 476 g/mol. The standard InChI is InChI=1S/C28H30ClN3O2/c1-19(2)21-11-13-22(14-12-21)27(33)30-25-6-4-5-24(29)26(25)31-15-17-32(18-16-31)28(34)23-9-7-20(3)8-10-23/h4-14,19H,15-18H2,1-3H3,(H,30,33). The summed E-state index contributed by atoms with van der Waals surface area (Å²) < 4.78 is 0. The van der Waals surface area contributed by atoms with Crippen LogP contribution in [0, 0.1) is 6.92 Å². The fourth-order valence-electron chi connectivity index (χ4n) is 4.16. The number of anilines is 2. The van der Waals surface area contributed by atoms with Crippen LogP contribution in [0.2, 0.25) is 5.02 Å². The molecule has 1 heterocycles. The van der Waals surface area contributed by atoms with E-state index in [1.54, 1.807) is 0 Å². The van der Waals surface area contributed by atoms with Gasteiger partial charge in [0.1, 0.15) is 0 Å². The Hall–Kier alpha value is -3.31. The van der Waals surface area contributed by atoms with E-state index in [9.17, 15) is 9.59 Å². The van der Waals surface area contributed by atoms with Gasteiger partial charge in [-0.15, -0.1) is 0 Å². The van der Waals surface area contributed by atoms with Crippen molar-refractivity contribution >= 4 is 34.8 Å². The quantitative estimate of drug-likeness (QED) is 0.493. The third-order valence-electron chi connectivity index (χ3n) is 6.26. The Labute approximate surface area is 206 Å². The van der Waals surface area contributed by atoms with Crippen LogP contribution in [-0.2, 0) is 0 Å². The highest BCUT2D eigenvalue weighted by atomic mass is 35.5. The van der Waals surface area contributed by atoms with E-state index < -0.39 is 0 Å². The number of amides is 2. The maximum absolute atomic E-state index is 12.9. The molecule has 1 aliphatic rings. The molecule has 1 fully saturated rings. The molecule has 176 valence electrons. The maximum Gasteiger partial charge on any atom is 0.255 e. The summed E-state index contributed by atoms with van der Waals surface area (Å²) in [6, 6.07) is 20.9. The van der Waals surface area contributed by atoms with Gasteiger partial charge in [-0.2, -0.15) is 0 Å². The van der Waals surface area contributed by atoms with Gasteiger partial charge in [-0.05, 0) is 54.8 Å². The first-order valence-corrected chi connectivity index (χ1v) is 12.0. The molecule has 0 aliphatic carbocycles. The molecule has 0 unspecified atom stereocenters. The lowest BCUT2D eigenvalue weighted by Crippen LogP contribution is -2.49. The van der Waals surface area contributed by atoms with Gasteiger partial charge in [0.15, 0.2) is 0 Å². The minimum absolute atomic E-state index is 0.0391. The van der Waals surface area contributed by atoms with Crippen molar-refractivity contribution in [1.29, 1.82) is 0 Å². The summed E-state index contributed by atoms with van der Waals surface area (Å²) in [5.74, 6) is 0.275. The minimum Gasteiger partial charge on any atom is -0.365 e. The number of halogens is 1. The maximum atomic E-state index is 12.9. The van der Waals surface area contributed by atoms with E-state index in [0.29, 0.717) is 53.9 Å². The lowest BCUT2D eigenvalue weighted by Gasteiger charge is -2.37. The number of benzene rings is 3. The number of piperazine rings is 1. The van der Waals surface area contributed by atoms with E-state index in [4.69, 9.17) is 11.6 Å². The second-order valence-electron chi connectivity index (χ2n) is 9.01. The van der Waals surface area contributed by atoms with Gasteiger partial charge in [-0.3, -0.25) is 9.59 Å². The average Bonchev–Trinajstić information content (AvgIpc) is 2.84. The minimum atomic E-state index is -0.174. The molecule has 1 aliphatic heterocycles. The van der Waals surface area contributed by atoms with Gasteiger partial charge in [-0.1, -0.05) is 61.3 Å². The SMILES string of the molecule is Cc1ccc(C(=O)N2CCN(c3c(Cl)cccc3NC(=O)c3ccc(C(C)C)cc3)CC2)cc1. The van der Waals surface area contributed by atoms with Crippen LogP contribution in [0.15, 0.2) is 66.7 Å². The zero-order valence-electron chi connectivity index (χ0n) is 19.8. The van der Waals surface area contributed by atoms with Crippen molar-refractivity contribution in [3.63, 3.8) is 0 Å². The number of para-hydroxylation sites is 1. The molecule has 4 rings (SSSR count). The van der Waals surface area contributed by atoms with E-state index in [1.165, 1.54) is 5.56 Å². The van der Waals surface area contributed by atoms with Gasteiger partial charge in [-0.25, -0.2) is 0 Å². The number of hydrogen-bond acceptors (Lipinski definition) is 3. The summed E-state index contributed by atoms with van der Waals surface area (Å²) in [6.07, 6.45) is 0. The number of carbonyl (C=O) groups is 2. The lowest BCUT2D eigenvalue weighted by atomic mass is 10.0. The van der Waals surface area contributed by atoms with Crippen LogP contribution in [0.3, 0.4) is 0 Å². The molecular formula is C28H30ClN3O2. The summed E-state index contributed by atoms with van der Waals surface area (Å²) >= 11 is 6.58. The summed E-state index contributed by atoms with van der Waals surface area (Å²) in [7, 11) is 0. The molecule has 0 atom stereocenters. The predicted octanol–water partition coefficient (Wildman–Crippen LogP) is 5.99. The van der Waals surface area contributed by atoms with E-state index in [1.807, 2.05) is 78.6 Å². The highest BCUT2D eigenvalue weighted by molar-refractivity contribution is 6.34.